The van der Waals surface area contributed by atoms with Crippen molar-refractivity contribution < 1.29 is 9.52 Å². The summed E-state index contributed by atoms with van der Waals surface area (Å²) in [6.45, 7) is 1.30. The Morgan fingerprint density at radius 2 is 2.09 bits per heavy atom. The molecule has 3 heterocycles. The first kappa shape index (κ1) is 14.1. The maximum atomic E-state index is 10.2. The van der Waals surface area contributed by atoms with E-state index >= 15 is 0 Å². The van der Waals surface area contributed by atoms with Crippen LogP contribution in [0.15, 0.2) is 47.0 Å². The number of para-hydroxylation sites is 1. The minimum atomic E-state index is 0.103. The standard InChI is InChI=1S/C17H14ClN3O2/c18-11-4-3-6-14(16(11)22)21-9-7-15-13(10-21)20-17(23-15)12-5-1-2-8-19-12/h1-6,8,22H,7,9-10H2. The summed E-state index contributed by atoms with van der Waals surface area (Å²) in [5, 5.41) is 10.5. The second-order valence-corrected chi connectivity index (χ2v) is 5.79. The summed E-state index contributed by atoms with van der Waals surface area (Å²) < 4.78 is 5.84. The van der Waals surface area contributed by atoms with Crippen molar-refractivity contribution in [2.24, 2.45) is 0 Å². The minimum Gasteiger partial charge on any atom is -0.504 e. The van der Waals surface area contributed by atoms with Crippen LogP contribution in [0.3, 0.4) is 0 Å². The van der Waals surface area contributed by atoms with Gasteiger partial charge >= 0.3 is 0 Å². The van der Waals surface area contributed by atoms with Crippen LogP contribution < -0.4 is 4.90 Å². The summed E-state index contributed by atoms with van der Waals surface area (Å²) in [4.78, 5) is 10.9. The van der Waals surface area contributed by atoms with Crippen LogP contribution in [-0.4, -0.2) is 21.6 Å². The number of phenols is 1. The Balaban J connectivity index is 1.65. The van der Waals surface area contributed by atoms with E-state index in [2.05, 4.69) is 9.97 Å². The van der Waals surface area contributed by atoms with E-state index in [0.29, 0.717) is 23.1 Å². The van der Waals surface area contributed by atoms with Crippen molar-refractivity contribution in [2.45, 2.75) is 13.0 Å². The van der Waals surface area contributed by atoms with Crippen LogP contribution in [0.4, 0.5) is 5.69 Å². The fraction of sp³-hybridized carbons (Fsp3) is 0.176. The topological polar surface area (TPSA) is 62.4 Å². The molecule has 1 aromatic carbocycles. The van der Waals surface area contributed by atoms with Crippen LogP contribution in [0.1, 0.15) is 11.5 Å². The number of nitrogens with zero attached hydrogens (tertiary/aromatic N) is 3. The fourth-order valence-electron chi connectivity index (χ4n) is 2.76. The van der Waals surface area contributed by atoms with Crippen molar-refractivity contribution >= 4 is 17.3 Å². The molecular weight excluding hydrogens is 314 g/mol. The smallest absolute Gasteiger partial charge is 0.245 e. The van der Waals surface area contributed by atoms with Gasteiger partial charge in [0, 0.05) is 19.2 Å². The quantitative estimate of drug-likeness (QED) is 0.778. The molecule has 6 heteroatoms. The number of anilines is 1. The molecule has 1 aliphatic heterocycles. The van der Waals surface area contributed by atoms with E-state index in [9.17, 15) is 5.11 Å². The lowest BCUT2D eigenvalue weighted by molar-refractivity contribution is 0.468. The van der Waals surface area contributed by atoms with Gasteiger partial charge in [-0.15, -0.1) is 0 Å². The van der Waals surface area contributed by atoms with Crippen LogP contribution in [-0.2, 0) is 13.0 Å². The highest BCUT2D eigenvalue weighted by molar-refractivity contribution is 6.32. The molecule has 0 unspecified atom stereocenters. The van der Waals surface area contributed by atoms with Crippen LogP contribution in [0.25, 0.3) is 11.6 Å². The Hall–Kier alpha value is -2.53. The van der Waals surface area contributed by atoms with E-state index in [1.807, 2.05) is 35.2 Å². The maximum Gasteiger partial charge on any atom is 0.245 e. The van der Waals surface area contributed by atoms with Crippen molar-refractivity contribution in [2.75, 3.05) is 11.4 Å². The van der Waals surface area contributed by atoms with E-state index in [1.54, 1.807) is 12.3 Å². The molecule has 23 heavy (non-hydrogen) atoms. The van der Waals surface area contributed by atoms with Crippen molar-refractivity contribution in [3.8, 4) is 17.3 Å². The molecular formula is C17H14ClN3O2. The predicted octanol–water partition coefficient (Wildman–Crippen LogP) is 3.66. The third kappa shape index (κ3) is 2.53. The molecule has 2 aromatic heterocycles. The number of fused-ring (bicyclic) bond motifs is 1. The number of hydrogen-bond donors (Lipinski definition) is 1. The number of rotatable bonds is 2. The first-order valence-corrected chi connectivity index (χ1v) is 7.72. The van der Waals surface area contributed by atoms with Gasteiger partial charge in [0.2, 0.25) is 5.89 Å². The lowest BCUT2D eigenvalue weighted by Crippen LogP contribution is -2.30. The summed E-state index contributed by atoms with van der Waals surface area (Å²) >= 11 is 6.00. The SMILES string of the molecule is Oc1c(Cl)cccc1N1CCc2oc(-c3ccccn3)nc2C1. The largest absolute Gasteiger partial charge is 0.504 e. The highest BCUT2D eigenvalue weighted by Gasteiger charge is 2.25. The van der Waals surface area contributed by atoms with Gasteiger partial charge < -0.3 is 14.4 Å². The van der Waals surface area contributed by atoms with Gasteiger partial charge in [0.1, 0.15) is 17.1 Å². The molecule has 0 fully saturated rings. The van der Waals surface area contributed by atoms with Gasteiger partial charge in [0.05, 0.1) is 17.3 Å². The number of aromatic nitrogens is 2. The Labute approximate surface area is 138 Å². The predicted molar refractivity (Wildman–Crippen MR) is 87.6 cm³/mol. The fourth-order valence-corrected chi connectivity index (χ4v) is 2.93. The highest BCUT2D eigenvalue weighted by atomic mass is 35.5. The molecule has 0 radical (unpaired) electrons. The van der Waals surface area contributed by atoms with Crippen molar-refractivity contribution in [3.63, 3.8) is 0 Å². The second-order valence-electron chi connectivity index (χ2n) is 5.38. The molecule has 0 atom stereocenters. The summed E-state index contributed by atoms with van der Waals surface area (Å²) in [5.74, 6) is 1.52. The van der Waals surface area contributed by atoms with Gasteiger partial charge in [0.25, 0.3) is 0 Å². The number of oxazole rings is 1. The average Bonchev–Trinajstić information content (AvgIpc) is 3.01. The summed E-state index contributed by atoms with van der Waals surface area (Å²) in [5.41, 5.74) is 2.31. The second kappa shape index (κ2) is 5.59. The van der Waals surface area contributed by atoms with Gasteiger partial charge in [-0.05, 0) is 24.3 Å². The molecule has 4 rings (SSSR count). The van der Waals surface area contributed by atoms with E-state index in [4.69, 9.17) is 16.0 Å². The van der Waals surface area contributed by atoms with Crippen molar-refractivity contribution in [3.05, 3.63) is 59.1 Å². The van der Waals surface area contributed by atoms with Gasteiger partial charge in [-0.25, -0.2) is 4.98 Å². The number of phenolic OH excluding ortho intramolecular Hbond substituents is 1. The Kier molecular flexibility index (Phi) is 3.42. The molecule has 0 bridgehead atoms. The summed E-state index contributed by atoms with van der Waals surface area (Å²) in [7, 11) is 0. The minimum absolute atomic E-state index is 0.103. The molecule has 1 aliphatic rings. The molecule has 0 amide bonds. The Bertz CT molecular complexity index is 848. The number of aromatic hydroxyl groups is 1. The Morgan fingerprint density at radius 1 is 1.17 bits per heavy atom. The zero-order valence-corrected chi connectivity index (χ0v) is 13.0. The van der Waals surface area contributed by atoms with Crippen LogP contribution in [0.2, 0.25) is 5.02 Å². The van der Waals surface area contributed by atoms with Crippen LogP contribution in [0, 0.1) is 0 Å². The third-order valence-corrected chi connectivity index (χ3v) is 4.22. The van der Waals surface area contributed by atoms with Gasteiger partial charge in [-0.2, -0.15) is 0 Å². The highest BCUT2D eigenvalue weighted by Crippen LogP contribution is 2.36. The summed E-state index contributed by atoms with van der Waals surface area (Å²) in [6.07, 6.45) is 2.44. The first-order valence-electron chi connectivity index (χ1n) is 7.35. The van der Waals surface area contributed by atoms with E-state index < -0.39 is 0 Å². The average molecular weight is 328 g/mol. The zero-order valence-electron chi connectivity index (χ0n) is 12.2. The number of hydrogen-bond acceptors (Lipinski definition) is 5. The molecule has 0 aliphatic carbocycles. The number of benzene rings is 1. The lowest BCUT2D eigenvalue weighted by Gasteiger charge is -2.28. The van der Waals surface area contributed by atoms with Crippen LogP contribution >= 0.6 is 11.6 Å². The number of halogens is 1. The molecule has 0 saturated heterocycles. The van der Waals surface area contributed by atoms with Crippen molar-refractivity contribution in [1.29, 1.82) is 0 Å². The Morgan fingerprint density at radius 3 is 2.91 bits per heavy atom. The van der Waals surface area contributed by atoms with Gasteiger partial charge in [-0.1, -0.05) is 23.7 Å². The van der Waals surface area contributed by atoms with Gasteiger partial charge in [-0.3, -0.25) is 4.98 Å². The third-order valence-electron chi connectivity index (χ3n) is 3.92. The summed E-state index contributed by atoms with van der Waals surface area (Å²) in [6, 6.07) is 11.0. The van der Waals surface area contributed by atoms with Crippen LogP contribution in [0.5, 0.6) is 5.75 Å². The molecule has 0 spiro atoms. The maximum absolute atomic E-state index is 10.2. The normalized spacial score (nSPS) is 13.9. The van der Waals surface area contributed by atoms with Crippen molar-refractivity contribution in [1.82, 2.24) is 9.97 Å². The molecule has 5 nitrogen and oxygen atoms in total. The lowest BCUT2D eigenvalue weighted by atomic mass is 10.1. The van der Waals surface area contributed by atoms with E-state index in [1.165, 1.54) is 0 Å². The molecule has 3 aromatic rings. The van der Waals surface area contributed by atoms with Gasteiger partial charge in [0.15, 0.2) is 5.75 Å². The molecule has 0 saturated carbocycles. The van der Waals surface area contributed by atoms with E-state index in [-0.39, 0.29) is 5.75 Å². The van der Waals surface area contributed by atoms with E-state index in [0.717, 1.165) is 30.1 Å². The molecule has 1 N–H and O–H groups in total. The molecule has 116 valence electrons. The zero-order chi connectivity index (χ0) is 15.8. The number of pyridine rings is 1. The monoisotopic (exact) mass is 327 g/mol. The first-order chi connectivity index (χ1) is 11.2.